The zero-order valence-corrected chi connectivity index (χ0v) is 10.7. The van der Waals surface area contributed by atoms with E-state index >= 15 is 0 Å². The molecule has 0 aromatic heterocycles. The summed E-state index contributed by atoms with van der Waals surface area (Å²) in [5, 5.41) is 9.24. The first-order valence-corrected chi connectivity index (χ1v) is 6.67. The van der Waals surface area contributed by atoms with E-state index < -0.39 is 11.4 Å². The highest BCUT2D eigenvalue weighted by Crippen LogP contribution is 2.30. The number of hydrogen-bond acceptors (Lipinski definition) is 3. The van der Waals surface area contributed by atoms with Gasteiger partial charge in [-0.05, 0) is 45.6 Å². The van der Waals surface area contributed by atoms with Crippen molar-refractivity contribution in [3.8, 4) is 0 Å². The Morgan fingerprint density at radius 3 is 3.00 bits per heavy atom. The Bertz CT molecular complexity index is 276. The van der Waals surface area contributed by atoms with Crippen LogP contribution in [0.1, 0.15) is 39.0 Å². The summed E-state index contributed by atoms with van der Waals surface area (Å²) in [5.41, 5.74) is -0.547. The van der Waals surface area contributed by atoms with Crippen molar-refractivity contribution in [1.29, 1.82) is 0 Å². The van der Waals surface area contributed by atoms with E-state index in [1.165, 1.54) is 12.8 Å². The SMILES string of the molecule is CC1(C(=O)O)CCCN(CCC2CCCO2)C1. The predicted molar refractivity (Wildman–Crippen MR) is 65.0 cm³/mol. The standard InChI is InChI=1S/C13H23NO3/c1-13(12(15)16)6-3-7-14(10-13)8-5-11-4-2-9-17-11/h11H,2-10H2,1H3,(H,15,16). The van der Waals surface area contributed by atoms with Crippen LogP contribution in [0, 0.1) is 5.41 Å². The van der Waals surface area contributed by atoms with Crippen LogP contribution in [0.25, 0.3) is 0 Å². The van der Waals surface area contributed by atoms with Gasteiger partial charge in [-0.3, -0.25) is 4.79 Å². The molecule has 0 aromatic rings. The Hall–Kier alpha value is -0.610. The van der Waals surface area contributed by atoms with Crippen LogP contribution in [0.2, 0.25) is 0 Å². The van der Waals surface area contributed by atoms with Crippen molar-refractivity contribution in [1.82, 2.24) is 4.90 Å². The average Bonchev–Trinajstić information content (AvgIpc) is 2.79. The number of hydrogen-bond donors (Lipinski definition) is 1. The van der Waals surface area contributed by atoms with Gasteiger partial charge in [-0.25, -0.2) is 0 Å². The number of carboxylic acid groups (broad SMARTS) is 1. The topological polar surface area (TPSA) is 49.8 Å². The highest BCUT2D eigenvalue weighted by atomic mass is 16.5. The van der Waals surface area contributed by atoms with Crippen molar-refractivity contribution >= 4 is 5.97 Å². The molecule has 4 nitrogen and oxygen atoms in total. The van der Waals surface area contributed by atoms with Gasteiger partial charge in [0, 0.05) is 19.7 Å². The lowest BCUT2D eigenvalue weighted by molar-refractivity contribution is -0.151. The molecule has 2 unspecified atom stereocenters. The molecule has 0 saturated carbocycles. The second-order valence-corrected chi connectivity index (χ2v) is 5.67. The smallest absolute Gasteiger partial charge is 0.310 e. The number of carbonyl (C=O) groups is 1. The Morgan fingerprint density at radius 1 is 1.53 bits per heavy atom. The summed E-state index contributed by atoms with van der Waals surface area (Å²) in [7, 11) is 0. The molecular formula is C13H23NO3. The largest absolute Gasteiger partial charge is 0.481 e. The van der Waals surface area contributed by atoms with Crippen LogP contribution in [0.3, 0.4) is 0 Å². The van der Waals surface area contributed by atoms with Gasteiger partial charge in [-0.2, -0.15) is 0 Å². The molecule has 2 fully saturated rings. The molecule has 2 atom stereocenters. The molecular weight excluding hydrogens is 218 g/mol. The lowest BCUT2D eigenvalue weighted by Gasteiger charge is -2.37. The first-order valence-electron chi connectivity index (χ1n) is 6.67. The number of aliphatic carboxylic acids is 1. The third-order valence-corrected chi connectivity index (χ3v) is 4.08. The highest BCUT2D eigenvalue weighted by Gasteiger charge is 2.37. The van der Waals surface area contributed by atoms with Crippen molar-refractivity contribution in [2.45, 2.75) is 45.1 Å². The first kappa shape index (κ1) is 12.8. The number of rotatable bonds is 4. The molecule has 0 radical (unpaired) electrons. The van der Waals surface area contributed by atoms with Crippen molar-refractivity contribution in [3.05, 3.63) is 0 Å². The molecule has 4 heteroatoms. The van der Waals surface area contributed by atoms with Crippen LogP contribution in [0.4, 0.5) is 0 Å². The Kier molecular flexibility index (Phi) is 4.05. The van der Waals surface area contributed by atoms with Gasteiger partial charge >= 0.3 is 5.97 Å². The average molecular weight is 241 g/mol. The van der Waals surface area contributed by atoms with Crippen molar-refractivity contribution in [2.75, 3.05) is 26.2 Å². The molecule has 0 aliphatic carbocycles. The van der Waals surface area contributed by atoms with E-state index in [9.17, 15) is 9.90 Å². The van der Waals surface area contributed by atoms with Crippen LogP contribution in [0.15, 0.2) is 0 Å². The minimum Gasteiger partial charge on any atom is -0.481 e. The fraction of sp³-hybridized carbons (Fsp3) is 0.923. The number of piperidine rings is 1. The van der Waals surface area contributed by atoms with Crippen molar-refractivity contribution in [3.63, 3.8) is 0 Å². The summed E-state index contributed by atoms with van der Waals surface area (Å²) in [6.45, 7) is 5.48. The molecule has 0 aromatic carbocycles. The van der Waals surface area contributed by atoms with Gasteiger partial charge in [0.1, 0.15) is 0 Å². The van der Waals surface area contributed by atoms with Crippen LogP contribution in [-0.2, 0) is 9.53 Å². The Morgan fingerprint density at radius 2 is 2.35 bits per heavy atom. The molecule has 98 valence electrons. The normalized spacial score (nSPS) is 35.0. The van der Waals surface area contributed by atoms with E-state index in [1.54, 1.807) is 0 Å². The van der Waals surface area contributed by atoms with Gasteiger partial charge in [0.05, 0.1) is 11.5 Å². The van der Waals surface area contributed by atoms with Gasteiger partial charge in [-0.1, -0.05) is 0 Å². The molecule has 2 rings (SSSR count). The van der Waals surface area contributed by atoms with Gasteiger partial charge in [0.25, 0.3) is 0 Å². The third kappa shape index (κ3) is 3.19. The number of nitrogens with zero attached hydrogens (tertiary/aromatic N) is 1. The van der Waals surface area contributed by atoms with E-state index in [-0.39, 0.29) is 0 Å². The summed E-state index contributed by atoms with van der Waals surface area (Å²) in [6.07, 6.45) is 5.61. The summed E-state index contributed by atoms with van der Waals surface area (Å²) in [4.78, 5) is 13.5. The predicted octanol–water partition coefficient (Wildman–Crippen LogP) is 1.74. The molecule has 2 aliphatic heterocycles. The van der Waals surface area contributed by atoms with Gasteiger partial charge in [0.15, 0.2) is 0 Å². The van der Waals surface area contributed by atoms with Gasteiger partial charge in [-0.15, -0.1) is 0 Å². The fourth-order valence-electron chi connectivity index (χ4n) is 2.91. The quantitative estimate of drug-likeness (QED) is 0.814. The summed E-state index contributed by atoms with van der Waals surface area (Å²) in [5.74, 6) is -0.653. The number of ether oxygens (including phenoxy) is 1. The zero-order valence-electron chi connectivity index (χ0n) is 10.7. The minimum atomic E-state index is -0.653. The van der Waals surface area contributed by atoms with E-state index in [0.717, 1.165) is 39.0 Å². The molecule has 17 heavy (non-hydrogen) atoms. The monoisotopic (exact) mass is 241 g/mol. The van der Waals surface area contributed by atoms with E-state index in [1.807, 2.05) is 6.92 Å². The highest BCUT2D eigenvalue weighted by molar-refractivity contribution is 5.74. The lowest BCUT2D eigenvalue weighted by atomic mass is 9.82. The Balaban J connectivity index is 1.78. The van der Waals surface area contributed by atoms with E-state index in [2.05, 4.69) is 4.90 Å². The third-order valence-electron chi connectivity index (χ3n) is 4.08. The molecule has 0 amide bonds. The molecule has 2 heterocycles. The number of likely N-dealkylation sites (tertiary alicyclic amines) is 1. The zero-order chi connectivity index (χ0) is 12.3. The van der Waals surface area contributed by atoms with E-state index in [4.69, 9.17) is 4.74 Å². The molecule has 0 spiro atoms. The fourth-order valence-corrected chi connectivity index (χ4v) is 2.91. The second kappa shape index (κ2) is 5.36. The van der Waals surface area contributed by atoms with E-state index in [0.29, 0.717) is 12.6 Å². The second-order valence-electron chi connectivity index (χ2n) is 5.67. The van der Waals surface area contributed by atoms with Crippen LogP contribution < -0.4 is 0 Å². The first-order chi connectivity index (χ1) is 8.10. The molecule has 2 saturated heterocycles. The van der Waals surface area contributed by atoms with Crippen molar-refractivity contribution < 1.29 is 14.6 Å². The van der Waals surface area contributed by atoms with Crippen LogP contribution in [-0.4, -0.2) is 48.3 Å². The minimum absolute atomic E-state index is 0.410. The van der Waals surface area contributed by atoms with Gasteiger partial charge < -0.3 is 14.7 Å². The molecule has 1 N–H and O–H groups in total. The number of carboxylic acids is 1. The lowest BCUT2D eigenvalue weighted by Crippen LogP contribution is -2.46. The van der Waals surface area contributed by atoms with Crippen LogP contribution in [0.5, 0.6) is 0 Å². The van der Waals surface area contributed by atoms with Gasteiger partial charge in [0.2, 0.25) is 0 Å². The summed E-state index contributed by atoms with van der Waals surface area (Å²) in [6, 6.07) is 0. The Labute approximate surface area is 103 Å². The summed E-state index contributed by atoms with van der Waals surface area (Å²) >= 11 is 0. The maximum atomic E-state index is 11.2. The molecule has 0 bridgehead atoms. The van der Waals surface area contributed by atoms with Crippen molar-refractivity contribution in [2.24, 2.45) is 5.41 Å². The maximum Gasteiger partial charge on any atom is 0.310 e. The van der Waals surface area contributed by atoms with Crippen LogP contribution >= 0.6 is 0 Å². The summed E-state index contributed by atoms with van der Waals surface area (Å²) < 4.78 is 5.60. The molecule has 2 aliphatic rings. The maximum absolute atomic E-state index is 11.2.